The van der Waals surface area contributed by atoms with Crippen molar-refractivity contribution >= 4 is 105 Å². The van der Waals surface area contributed by atoms with Crippen LogP contribution in [0.5, 0.6) is 0 Å². The van der Waals surface area contributed by atoms with Gasteiger partial charge in [-0.1, -0.05) is 390 Å². The van der Waals surface area contributed by atoms with Gasteiger partial charge < -0.3 is 13.7 Å². The number of fused-ring (bicyclic) bond motifs is 12. The summed E-state index contributed by atoms with van der Waals surface area (Å²) in [5.41, 5.74) is 23.2. The third kappa shape index (κ3) is 23.3. The Hall–Kier alpha value is -6.70. The van der Waals surface area contributed by atoms with Gasteiger partial charge in [-0.25, -0.2) is 0 Å². The zero-order chi connectivity index (χ0) is 82.5. The Morgan fingerprint density at radius 2 is 0.583 bits per heavy atom. The van der Waals surface area contributed by atoms with Crippen molar-refractivity contribution in [3.05, 3.63) is 173 Å². The van der Waals surface area contributed by atoms with Gasteiger partial charge in [-0.3, -0.25) is 0 Å². The monoisotopic (exact) mass is 1660 g/mol. The molecule has 0 N–H and O–H groups in total. The average Bonchev–Trinajstić information content (AvgIpc) is 1.57. The van der Waals surface area contributed by atoms with Crippen LogP contribution in [0.15, 0.2) is 151 Å². The van der Waals surface area contributed by atoms with Gasteiger partial charge in [0, 0.05) is 120 Å². The molecule has 0 radical (unpaired) electrons. The van der Waals surface area contributed by atoms with E-state index in [2.05, 4.69) is 201 Å². The van der Waals surface area contributed by atoms with Crippen LogP contribution in [-0.2, 0) is 26.1 Å². The van der Waals surface area contributed by atoms with Crippen molar-refractivity contribution < 1.29 is 0 Å². The quantitative estimate of drug-likeness (QED) is 0.0338. The smallest absolute Gasteiger partial charge is 0.0499 e. The molecule has 642 valence electrons. The minimum absolute atomic E-state index is 0.424. The van der Waals surface area contributed by atoms with E-state index >= 15 is 0 Å². The van der Waals surface area contributed by atoms with Crippen molar-refractivity contribution in [3.63, 3.8) is 0 Å². The molecule has 14 rings (SSSR count). The molecule has 6 aromatic carbocycles. The maximum Gasteiger partial charge on any atom is 0.0499 e. The van der Waals surface area contributed by atoms with Gasteiger partial charge in [0.25, 0.3) is 0 Å². The van der Waals surface area contributed by atoms with Crippen molar-refractivity contribution in [3.8, 4) is 52.2 Å². The lowest BCUT2D eigenvalue weighted by atomic mass is 9.88. The second-order valence-corrected chi connectivity index (χ2v) is 40.6. The van der Waals surface area contributed by atoms with Gasteiger partial charge in [-0.05, 0) is 187 Å². The Balaban J connectivity index is 0.756. The second kappa shape index (κ2) is 47.4. The number of thiophene rings is 3. The lowest BCUT2D eigenvalue weighted by Crippen LogP contribution is -1.99. The number of benzene rings is 6. The fourth-order valence-electron chi connectivity index (χ4n) is 20.8. The largest absolute Gasteiger partial charge is 0.340 e. The van der Waals surface area contributed by atoms with Crippen LogP contribution in [0.1, 0.15) is 396 Å². The SMILES string of the molecule is CCCCCCCCCCCCC1c2cc(C3=CC=C(CCCCCC)C3)ccc2-c2cc3c(cc21)c1ccc(-c2ccc(-c4ccc(-c5ccc6c7cc8c(cc7n(CCCCCCCCCCCC)c6c5)c5ccc(-c6ccc(CCCCCC)s6)cc5n8CCCCCCCCCCCC)s4)s2)cc1n3CCCCCCCCCCCC. The molecule has 0 amide bonds. The highest BCUT2D eigenvalue weighted by molar-refractivity contribution is 7.25. The molecule has 120 heavy (non-hydrogen) atoms. The molecule has 6 heteroatoms. The van der Waals surface area contributed by atoms with Crippen LogP contribution in [0.3, 0.4) is 0 Å². The number of allylic oxidation sites excluding steroid dienone is 4. The number of aromatic nitrogens is 3. The van der Waals surface area contributed by atoms with Crippen LogP contribution in [-0.4, -0.2) is 13.7 Å². The Bertz CT molecular complexity index is 5210. The first kappa shape index (κ1) is 89.6. The van der Waals surface area contributed by atoms with E-state index in [4.69, 9.17) is 0 Å². The van der Waals surface area contributed by atoms with Crippen LogP contribution < -0.4 is 0 Å². The second-order valence-electron chi connectivity index (χ2n) is 37.3. The first-order valence-corrected chi connectivity index (χ1v) is 52.8. The van der Waals surface area contributed by atoms with Crippen LogP contribution in [0, 0.1) is 0 Å². The van der Waals surface area contributed by atoms with E-state index in [9.17, 15) is 0 Å². The molecule has 0 saturated heterocycles. The summed E-state index contributed by atoms with van der Waals surface area (Å²) in [6.45, 7) is 17.1. The fourth-order valence-corrected chi connectivity index (χ4v) is 23.9. The molecule has 6 aromatic heterocycles. The van der Waals surface area contributed by atoms with Crippen LogP contribution in [0.2, 0.25) is 0 Å². The van der Waals surface area contributed by atoms with Gasteiger partial charge in [0.05, 0.1) is 0 Å². The summed E-state index contributed by atoms with van der Waals surface area (Å²) in [6, 6.07) is 55.5. The Morgan fingerprint density at radius 3 is 1.02 bits per heavy atom. The van der Waals surface area contributed by atoms with E-state index < -0.39 is 0 Å². The van der Waals surface area contributed by atoms with Gasteiger partial charge in [-0.2, -0.15) is 0 Å². The molecule has 6 heterocycles. The number of rotatable bonds is 59. The summed E-state index contributed by atoms with van der Waals surface area (Å²) in [5.74, 6) is 0.424. The van der Waals surface area contributed by atoms with Crippen molar-refractivity contribution in [2.24, 2.45) is 0 Å². The van der Waals surface area contributed by atoms with E-state index in [1.807, 2.05) is 34.0 Å². The first-order chi connectivity index (χ1) is 59.4. The molecule has 12 aromatic rings. The van der Waals surface area contributed by atoms with Crippen LogP contribution in [0.4, 0.5) is 0 Å². The minimum Gasteiger partial charge on any atom is -0.340 e. The molecule has 0 saturated carbocycles. The van der Waals surface area contributed by atoms with Gasteiger partial charge in [0.1, 0.15) is 0 Å². The van der Waals surface area contributed by atoms with Crippen LogP contribution in [0.25, 0.3) is 123 Å². The fraction of sp³-hybridized carbons (Fsp3) is 0.544. The standard InChI is InChI=1S/C114H153N3S3/c1-7-13-19-25-29-33-37-41-45-51-57-93-98-78-88(87-59-58-86(77-87)55-49-23-17-11-5)60-65-94(98)100-83-107-101(82-99(93)100)95-66-62-90(80-104(95)115(107)74-52-46-42-38-34-30-26-20-14-8-2)111-70-72-113(119-111)114-73-71-112(120-114)91-63-68-97-103-85-108-102(84-109(103)117(106(97)81-91)76-54-48-44-40-36-32-28-22-16-10-4)96-67-61-89(110-69-64-92(118-110)56-50-24-18-12-6)79-105(96)116(108)75-53-47-43-39-35-31-27-21-15-9-3/h58-73,78-85,93H,7-57,74-77H2,1-6H3. The first-order valence-electron chi connectivity index (χ1n) is 50.3. The number of unbranched alkanes of at least 4 members (excludes halogenated alkanes) is 42. The molecule has 3 nitrogen and oxygen atoms in total. The zero-order valence-electron chi connectivity index (χ0n) is 75.9. The van der Waals surface area contributed by atoms with E-state index in [1.54, 1.807) is 16.7 Å². The summed E-state index contributed by atoms with van der Waals surface area (Å²) >= 11 is 5.99. The molecule has 0 aliphatic heterocycles. The number of aryl methyl sites for hydroxylation is 4. The van der Waals surface area contributed by atoms with Crippen molar-refractivity contribution in [2.75, 3.05) is 0 Å². The molecule has 2 aliphatic rings. The number of nitrogens with zero attached hydrogens (tertiary/aromatic N) is 3. The van der Waals surface area contributed by atoms with E-state index in [0.717, 1.165) is 26.1 Å². The maximum absolute atomic E-state index is 2.78. The third-order valence-electron chi connectivity index (χ3n) is 27.9. The molecule has 0 bridgehead atoms. The molecule has 0 spiro atoms. The minimum atomic E-state index is 0.424. The zero-order valence-corrected chi connectivity index (χ0v) is 78.3. The highest BCUT2D eigenvalue weighted by Crippen LogP contribution is 2.52. The van der Waals surface area contributed by atoms with Crippen molar-refractivity contribution in [2.45, 2.75) is 401 Å². The van der Waals surface area contributed by atoms with Gasteiger partial charge >= 0.3 is 0 Å². The molecule has 1 atom stereocenters. The molecule has 0 fully saturated rings. The maximum atomic E-state index is 2.78. The summed E-state index contributed by atoms with van der Waals surface area (Å²) < 4.78 is 8.29. The Kier molecular flexibility index (Phi) is 35.4. The Labute approximate surface area is 739 Å². The van der Waals surface area contributed by atoms with Crippen molar-refractivity contribution in [1.82, 2.24) is 13.7 Å². The van der Waals surface area contributed by atoms with Crippen LogP contribution >= 0.6 is 34.0 Å². The topological polar surface area (TPSA) is 14.8 Å². The van der Waals surface area contributed by atoms with E-state index in [-0.39, 0.29) is 0 Å². The van der Waals surface area contributed by atoms with E-state index in [1.165, 1.54) is 461 Å². The molecular formula is C114H153N3S3. The number of hydrogen-bond acceptors (Lipinski definition) is 3. The van der Waals surface area contributed by atoms with E-state index in [0.29, 0.717) is 5.92 Å². The lowest BCUT2D eigenvalue weighted by Gasteiger charge is -2.16. The summed E-state index contributed by atoms with van der Waals surface area (Å²) in [5, 5.41) is 8.51. The number of hydrogen-bond donors (Lipinski definition) is 0. The normalized spacial score (nSPS) is 13.5. The third-order valence-corrected chi connectivity index (χ3v) is 31.6. The van der Waals surface area contributed by atoms with Gasteiger partial charge in [-0.15, -0.1) is 34.0 Å². The van der Waals surface area contributed by atoms with Gasteiger partial charge in [0.15, 0.2) is 0 Å². The predicted octanol–water partition coefficient (Wildman–Crippen LogP) is 38.9. The lowest BCUT2D eigenvalue weighted by molar-refractivity contribution is 0.541. The predicted molar refractivity (Wildman–Crippen MR) is 537 cm³/mol. The summed E-state index contributed by atoms with van der Waals surface area (Å²) in [6.07, 6.45) is 74.5. The molecular weight excluding hydrogens is 1510 g/mol. The van der Waals surface area contributed by atoms with Crippen molar-refractivity contribution in [1.29, 1.82) is 0 Å². The summed E-state index contributed by atoms with van der Waals surface area (Å²) in [7, 11) is 0. The highest BCUT2D eigenvalue weighted by atomic mass is 32.1. The average molecular weight is 1660 g/mol. The Morgan fingerprint density at radius 1 is 0.250 bits per heavy atom. The highest BCUT2D eigenvalue weighted by Gasteiger charge is 2.32. The molecule has 2 aliphatic carbocycles. The molecule has 1 unspecified atom stereocenters. The summed E-state index contributed by atoms with van der Waals surface area (Å²) in [4.78, 5) is 8.38. The van der Waals surface area contributed by atoms with Gasteiger partial charge in [0.2, 0.25) is 0 Å².